The van der Waals surface area contributed by atoms with Crippen molar-refractivity contribution in [2.24, 2.45) is 0 Å². The van der Waals surface area contributed by atoms with Gasteiger partial charge in [-0.25, -0.2) is 0 Å². The second kappa shape index (κ2) is 6.09. The third kappa shape index (κ3) is 4.77. The van der Waals surface area contributed by atoms with Crippen molar-refractivity contribution in [2.75, 3.05) is 6.54 Å². The van der Waals surface area contributed by atoms with Crippen LogP contribution in [0.5, 0.6) is 0 Å². The van der Waals surface area contributed by atoms with Gasteiger partial charge >= 0.3 is 5.97 Å². The Morgan fingerprint density at radius 2 is 2.19 bits per heavy atom. The molecule has 1 saturated heterocycles. The van der Waals surface area contributed by atoms with Gasteiger partial charge in [-0.2, -0.15) is 0 Å². The Kier molecular flexibility index (Phi) is 4.75. The number of amides is 2. The van der Waals surface area contributed by atoms with Crippen LogP contribution in [0.2, 0.25) is 0 Å². The van der Waals surface area contributed by atoms with Gasteiger partial charge in [0, 0.05) is 31.8 Å². The molecule has 0 aliphatic carbocycles. The van der Waals surface area contributed by atoms with Gasteiger partial charge in [0.1, 0.15) is 0 Å². The molecular weight excluding hydrogens is 212 g/mol. The Bertz CT molecular complexity index is 281. The summed E-state index contributed by atoms with van der Waals surface area (Å²) >= 11 is 0. The molecule has 6 heteroatoms. The first-order valence-electron chi connectivity index (χ1n) is 5.36. The number of carboxylic acids is 1. The minimum atomic E-state index is -0.891. The summed E-state index contributed by atoms with van der Waals surface area (Å²) in [6, 6.07) is -0.0185. The average Bonchev–Trinajstić information content (AvgIpc) is 2.21. The molecule has 1 aliphatic rings. The molecule has 0 bridgehead atoms. The van der Waals surface area contributed by atoms with Crippen LogP contribution in [-0.2, 0) is 14.4 Å². The molecule has 0 aromatic rings. The zero-order valence-electron chi connectivity index (χ0n) is 8.99. The fraction of sp³-hybridized carbons (Fsp3) is 0.700. The van der Waals surface area contributed by atoms with Gasteiger partial charge in [0.25, 0.3) is 0 Å². The molecule has 2 amide bonds. The molecule has 0 spiro atoms. The second-order valence-corrected chi connectivity index (χ2v) is 3.85. The second-order valence-electron chi connectivity index (χ2n) is 3.85. The smallest absolute Gasteiger partial charge is 0.303 e. The number of piperidine rings is 1. The number of rotatable bonds is 5. The van der Waals surface area contributed by atoms with Crippen molar-refractivity contribution in [1.29, 1.82) is 0 Å². The molecular formula is C10H16N2O4. The number of carbonyl (C=O) groups is 3. The number of hydrogen-bond donors (Lipinski definition) is 3. The maximum Gasteiger partial charge on any atom is 0.303 e. The molecule has 90 valence electrons. The van der Waals surface area contributed by atoms with Crippen LogP contribution in [0.3, 0.4) is 0 Å². The van der Waals surface area contributed by atoms with E-state index in [0.29, 0.717) is 25.8 Å². The maximum absolute atomic E-state index is 11.4. The monoisotopic (exact) mass is 228 g/mol. The summed E-state index contributed by atoms with van der Waals surface area (Å²) in [6.45, 7) is 0.462. The van der Waals surface area contributed by atoms with E-state index in [1.807, 2.05) is 0 Å². The Morgan fingerprint density at radius 1 is 1.44 bits per heavy atom. The molecule has 1 unspecified atom stereocenters. The maximum atomic E-state index is 11.4. The molecule has 0 radical (unpaired) electrons. The van der Waals surface area contributed by atoms with Crippen LogP contribution in [0.4, 0.5) is 0 Å². The molecule has 0 aromatic carbocycles. The van der Waals surface area contributed by atoms with E-state index in [2.05, 4.69) is 10.6 Å². The highest BCUT2D eigenvalue weighted by atomic mass is 16.4. The molecule has 6 nitrogen and oxygen atoms in total. The molecule has 3 N–H and O–H groups in total. The Hall–Kier alpha value is -1.59. The first-order chi connectivity index (χ1) is 7.58. The van der Waals surface area contributed by atoms with E-state index >= 15 is 0 Å². The van der Waals surface area contributed by atoms with Gasteiger partial charge in [-0.3, -0.25) is 14.4 Å². The normalized spacial score (nSPS) is 20.0. The van der Waals surface area contributed by atoms with Crippen molar-refractivity contribution in [3.05, 3.63) is 0 Å². The van der Waals surface area contributed by atoms with E-state index in [1.54, 1.807) is 0 Å². The van der Waals surface area contributed by atoms with Gasteiger partial charge in [0.15, 0.2) is 0 Å². The number of carboxylic acid groups (broad SMARTS) is 1. The van der Waals surface area contributed by atoms with Gasteiger partial charge in [0.05, 0.1) is 0 Å². The lowest BCUT2D eigenvalue weighted by Gasteiger charge is -2.23. The highest BCUT2D eigenvalue weighted by molar-refractivity contribution is 5.79. The number of nitrogens with one attached hydrogen (secondary N) is 2. The van der Waals surface area contributed by atoms with Crippen LogP contribution in [0.15, 0.2) is 0 Å². The van der Waals surface area contributed by atoms with E-state index in [0.717, 1.165) is 0 Å². The lowest BCUT2D eigenvalue weighted by molar-refractivity contribution is -0.137. The average molecular weight is 228 g/mol. The first-order valence-corrected chi connectivity index (χ1v) is 5.36. The van der Waals surface area contributed by atoms with Crippen molar-refractivity contribution < 1.29 is 19.5 Å². The fourth-order valence-electron chi connectivity index (χ4n) is 1.56. The molecule has 16 heavy (non-hydrogen) atoms. The van der Waals surface area contributed by atoms with Crippen LogP contribution in [0, 0.1) is 0 Å². The van der Waals surface area contributed by atoms with Gasteiger partial charge in [-0.1, -0.05) is 0 Å². The van der Waals surface area contributed by atoms with Gasteiger partial charge in [-0.05, 0) is 12.8 Å². The summed E-state index contributed by atoms with van der Waals surface area (Å²) in [4.78, 5) is 32.4. The number of carbonyl (C=O) groups excluding carboxylic acids is 2. The number of aliphatic carboxylic acids is 1. The first kappa shape index (κ1) is 12.5. The summed E-state index contributed by atoms with van der Waals surface area (Å²) < 4.78 is 0. The molecule has 1 rings (SSSR count). The number of hydrogen-bond acceptors (Lipinski definition) is 3. The van der Waals surface area contributed by atoms with E-state index in [1.165, 1.54) is 0 Å². The summed E-state index contributed by atoms with van der Waals surface area (Å²) in [7, 11) is 0. The van der Waals surface area contributed by atoms with E-state index < -0.39 is 5.97 Å². The van der Waals surface area contributed by atoms with Gasteiger partial charge in [-0.15, -0.1) is 0 Å². The van der Waals surface area contributed by atoms with E-state index in [4.69, 9.17) is 5.11 Å². The van der Waals surface area contributed by atoms with Crippen LogP contribution >= 0.6 is 0 Å². The Labute approximate surface area is 93.4 Å². The molecule has 1 aliphatic heterocycles. The van der Waals surface area contributed by atoms with Crippen LogP contribution in [-0.4, -0.2) is 35.5 Å². The van der Waals surface area contributed by atoms with E-state index in [-0.39, 0.29) is 30.7 Å². The lowest BCUT2D eigenvalue weighted by Crippen LogP contribution is -2.47. The van der Waals surface area contributed by atoms with Gasteiger partial charge in [0.2, 0.25) is 11.8 Å². The quantitative estimate of drug-likeness (QED) is 0.598. The minimum absolute atomic E-state index is 0.00875. The molecule has 1 fully saturated rings. The van der Waals surface area contributed by atoms with Crippen LogP contribution in [0.25, 0.3) is 0 Å². The standard InChI is InChI=1S/C10H16N2O4/c13-8-5-4-7(6-11-8)12-9(14)2-1-3-10(15)16/h7H,1-6H2,(H,11,13)(H,12,14)(H,15,16). The van der Waals surface area contributed by atoms with Crippen molar-refractivity contribution in [3.63, 3.8) is 0 Å². The highest BCUT2D eigenvalue weighted by Gasteiger charge is 2.19. The van der Waals surface area contributed by atoms with E-state index in [9.17, 15) is 14.4 Å². The zero-order valence-corrected chi connectivity index (χ0v) is 8.99. The van der Waals surface area contributed by atoms with Crippen LogP contribution < -0.4 is 10.6 Å². The topological polar surface area (TPSA) is 95.5 Å². The largest absolute Gasteiger partial charge is 0.481 e. The highest BCUT2D eigenvalue weighted by Crippen LogP contribution is 2.03. The Morgan fingerprint density at radius 3 is 2.75 bits per heavy atom. The van der Waals surface area contributed by atoms with Crippen molar-refractivity contribution in [3.8, 4) is 0 Å². The SMILES string of the molecule is O=C(O)CCCC(=O)NC1CCC(=O)NC1. The fourth-order valence-corrected chi connectivity index (χ4v) is 1.56. The molecule has 1 atom stereocenters. The summed E-state index contributed by atoms with van der Waals surface area (Å²) in [5.41, 5.74) is 0. The van der Waals surface area contributed by atoms with Crippen LogP contribution in [0.1, 0.15) is 32.1 Å². The van der Waals surface area contributed by atoms with Crippen molar-refractivity contribution >= 4 is 17.8 Å². The third-order valence-corrected chi connectivity index (χ3v) is 2.43. The van der Waals surface area contributed by atoms with Crippen molar-refractivity contribution in [1.82, 2.24) is 10.6 Å². The van der Waals surface area contributed by atoms with Gasteiger partial charge < -0.3 is 15.7 Å². The predicted octanol–water partition coefficient (Wildman–Crippen LogP) is -0.364. The predicted molar refractivity (Wildman–Crippen MR) is 55.7 cm³/mol. The molecule has 1 heterocycles. The van der Waals surface area contributed by atoms with Crippen molar-refractivity contribution in [2.45, 2.75) is 38.1 Å². The Balaban J connectivity index is 2.14. The zero-order chi connectivity index (χ0) is 12.0. The summed E-state index contributed by atoms with van der Waals surface area (Å²) in [5, 5.41) is 13.8. The third-order valence-electron chi connectivity index (χ3n) is 2.43. The summed E-state index contributed by atoms with van der Waals surface area (Å²) in [6.07, 6.45) is 1.66. The summed E-state index contributed by atoms with van der Waals surface area (Å²) in [5.74, 6) is -1.03. The molecule has 0 aromatic heterocycles. The minimum Gasteiger partial charge on any atom is -0.481 e. The molecule has 0 saturated carbocycles. The lowest BCUT2D eigenvalue weighted by atomic mass is 10.1.